The lowest BCUT2D eigenvalue weighted by atomic mass is 10.0. The van der Waals surface area contributed by atoms with Crippen LogP contribution in [0.2, 0.25) is 10.0 Å². The Morgan fingerprint density at radius 1 is 1.10 bits per heavy atom. The number of nitrogens with zero attached hydrogens (tertiary/aromatic N) is 3. The van der Waals surface area contributed by atoms with Crippen LogP contribution in [0.4, 0.5) is 5.69 Å². The summed E-state index contributed by atoms with van der Waals surface area (Å²) in [6.45, 7) is 11.0. The van der Waals surface area contributed by atoms with Crippen molar-refractivity contribution in [2.45, 2.75) is 19.8 Å². The highest BCUT2D eigenvalue weighted by Gasteiger charge is 2.16. The van der Waals surface area contributed by atoms with E-state index in [9.17, 15) is 4.79 Å². The largest absolute Gasteiger partial charge is 0.388 e. The standard InChI is InChI=1S/C18H18N2O.C8H15N.C7H7Cl2N/c1-20(11-12-21)10-9-15-5-7-17(8-6-15)18-4-2-3-16(13-18)14-19;1-3-5-9-6-4-8(2)7-9;1-10-7-3-5(8)2-6(9)4-7/h2-8,12-13H,9-11H2,1H3;3,8H,1,4-7H2,2H3;2-4,10H,1H3. The minimum atomic E-state index is 0.471. The summed E-state index contributed by atoms with van der Waals surface area (Å²) in [5, 5.41) is 13.2. The number of halogens is 2. The molecule has 0 aromatic heterocycles. The van der Waals surface area contributed by atoms with Gasteiger partial charge in [-0.15, -0.1) is 6.58 Å². The van der Waals surface area contributed by atoms with Crippen molar-refractivity contribution in [1.82, 2.24) is 9.80 Å². The van der Waals surface area contributed by atoms with Crippen molar-refractivity contribution < 1.29 is 4.79 Å². The normalized spacial score (nSPS) is 14.3. The van der Waals surface area contributed by atoms with Crippen LogP contribution in [0.5, 0.6) is 0 Å². The molecule has 0 saturated carbocycles. The van der Waals surface area contributed by atoms with Crippen LogP contribution in [0.15, 0.2) is 79.4 Å². The highest BCUT2D eigenvalue weighted by atomic mass is 35.5. The minimum Gasteiger partial charge on any atom is -0.388 e. The number of nitrogens with one attached hydrogen (secondary N) is 1. The van der Waals surface area contributed by atoms with Gasteiger partial charge in [0.1, 0.15) is 6.29 Å². The van der Waals surface area contributed by atoms with E-state index >= 15 is 0 Å². The van der Waals surface area contributed by atoms with Crippen molar-refractivity contribution in [1.29, 1.82) is 5.26 Å². The van der Waals surface area contributed by atoms with E-state index in [0.29, 0.717) is 22.2 Å². The van der Waals surface area contributed by atoms with Crippen LogP contribution < -0.4 is 5.32 Å². The number of hydrogen-bond acceptors (Lipinski definition) is 5. The fourth-order valence-electron chi connectivity index (χ4n) is 4.24. The lowest BCUT2D eigenvalue weighted by molar-refractivity contribution is -0.108. The van der Waals surface area contributed by atoms with Gasteiger partial charge in [0.25, 0.3) is 0 Å². The molecule has 3 aromatic carbocycles. The fraction of sp³-hybridized carbons (Fsp3) is 0.333. The van der Waals surface area contributed by atoms with Crippen LogP contribution in [-0.4, -0.2) is 62.9 Å². The molecule has 3 aromatic rings. The molecule has 4 rings (SSSR count). The first kappa shape index (κ1) is 33.1. The van der Waals surface area contributed by atoms with Crippen molar-refractivity contribution in [2.75, 3.05) is 52.1 Å². The molecule has 0 bridgehead atoms. The first-order valence-corrected chi connectivity index (χ1v) is 14.2. The molecule has 1 heterocycles. The van der Waals surface area contributed by atoms with E-state index in [1.165, 1.54) is 25.1 Å². The van der Waals surface area contributed by atoms with Crippen LogP contribution in [0.25, 0.3) is 11.1 Å². The molecule has 5 nitrogen and oxygen atoms in total. The van der Waals surface area contributed by atoms with E-state index in [0.717, 1.165) is 48.5 Å². The zero-order valence-corrected chi connectivity index (χ0v) is 25.3. The third kappa shape index (κ3) is 12.4. The number of carbonyl (C=O) groups excluding carboxylic acids is 1. The quantitative estimate of drug-likeness (QED) is 0.211. The van der Waals surface area contributed by atoms with Gasteiger partial charge in [-0.2, -0.15) is 5.26 Å². The van der Waals surface area contributed by atoms with E-state index in [2.05, 4.69) is 54.1 Å². The predicted molar refractivity (Wildman–Crippen MR) is 170 cm³/mol. The highest BCUT2D eigenvalue weighted by Crippen LogP contribution is 2.22. The molecule has 0 spiro atoms. The Morgan fingerprint density at radius 3 is 2.35 bits per heavy atom. The van der Waals surface area contributed by atoms with E-state index in [4.69, 9.17) is 28.5 Å². The van der Waals surface area contributed by atoms with E-state index < -0.39 is 0 Å². The molecule has 1 aliphatic heterocycles. The molecule has 1 saturated heterocycles. The van der Waals surface area contributed by atoms with Crippen molar-refractivity contribution in [3.63, 3.8) is 0 Å². The third-order valence-electron chi connectivity index (χ3n) is 6.49. The Hall–Kier alpha value is -3.14. The summed E-state index contributed by atoms with van der Waals surface area (Å²) in [7, 11) is 3.76. The van der Waals surface area contributed by atoms with Gasteiger partial charge in [-0.3, -0.25) is 9.80 Å². The number of likely N-dealkylation sites (tertiary alicyclic amines) is 1. The van der Waals surface area contributed by atoms with Crippen molar-refractivity contribution in [2.24, 2.45) is 5.92 Å². The maximum Gasteiger partial charge on any atom is 0.133 e. The number of anilines is 1. The van der Waals surface area contributed by atoms with E-state index in [-0.39, 0.29) is 0 Å². The maximum atomic E-state index is 10.4. The summed E-state index contributed by atoms with van der Waals surface area (Å²) in [4.78, 5) is 14.9. The Bertz CT molecular complexity index is 1220. The lowest BCUT2D eigenvalue weighted by Crippen LogP contribution is -2.23. The summed E-state index contributed by atoms with van der Waals surface area (Å²) in [5.74, 6) is 0.907. The molecule has 1 N–H and O–H groups in total. The monoisotopic (exact) mass is 578 g/mol. The van der Waals surface area contributed by atoms with Crippen LogP contribution in [-0.2, 0) is 11.2 Å². The molecule has 0 amide bonds. The second-order valence-electron chi connectivity index (χ2n) is 9.92. The van der Waals surface area contributed by atoms with Gasteiger partial charge in [0.05, 0.1) is 18.2 Å². The van der Waals surface area contributed by atoms with Gasteiger partial charge in [-0.1, -0.05) is 72.6 Å². The maximum absolute atomic E-state index is 10.4. The number of carbonyl (C=O) groups is 1. The molecule has 0 aliphatic carbocycles. The average molecular weight is 580 g/mol. The number of nitriles is 1. The summed E-state index contributed by atoms with van der Waals surface area (Å²) < 4.78 is 0. The lowest BCUT2D eigenvalue weighted by Gasteiger charge is -2.12. The van der Waals surface area contributed by atoms with Gasteiger partial charge in [-0.25, -0.2) is 0 Å². The zero-order valence-electron chi connectivity index (χ0n) is 23.7. The molecule has 7 heteroatoms. The summed E-state index contributed by atoms with van der Waals surface area (Å²) in [6.07, 6.45) is 5.19. The Morgan fingerprint density at radius 2 is 1.80 bits per heavy atom. The van der Waals surface area contributed by atoms with Gasteiger partial charge in [0.15, 0.2) is 0 Å². The van der Waals surface area contributed by atoms with Gasteiger partial charge in [0.2, 0.25) is 0 Å². The van der Waals surface area contributed by atoms with E-state index in [1.807, 2.05) is 55.4 Å². The molecular weight excluding hydrogens is 539 g/mol. The Labute approximate surface area is 250 Å². The second-order valence-corrected chi connectivity index (χ2v) is 10.8. The zero-order chi connectivity index (χ0) is 29.3. The Balaban J connectivity index is 0.000000243. The summed E-state index contributed by atoms with van der Waals surface area (Å²) >= 11 is 11.4. The second kappa shape index (κ2) is 18.3. The summed E-state index contributed by atoms with van der Waals surface area (Å²) in [6, 6.07) is 23.4. The molecule has 1 unspecified atom stereocenters. The number of hydrogen-bond donors (Lipinski definition) is 1. The van der Waals surface area contributed by atoms with Crippen LogP contribution >= 0.6 is 23.2 Å². The SMILES string of the molecule is C=CCN1CCC(C)C1.CN(CC=O)CCc1ccc(-c2cccc(C#N)c2)cc1.CNc1cc(Cl)cc(Cl)c1. The van der Waals surface area contributed by atoms with Crippen molar-refractivity contribution in [3.8, 4) is 17.2 Å². The minimum absolute atomic E-state index is 0.471. The molecule has 1 aliphatic rings. The molecule has 0 radical (unpaired) electrons. The van der Waals surface area contributed by atoms with Gasteiger partial charge >= 0.3 is 0 Å². The van der Waals surface area contributed by atoms with Gasteiger partial charge in [0, 0.05) is 42.4 Å². The first-order valence-electron chi connectivity index (χ1n) is 13.5. The molecule has 40 heavy (non-hydrogen) atoms. The Kier molecular flexibility index (Phi) is 15.1. The molecule has 1 fully saturated rings. The third-order valence-corrected chi connectivity index (χ3v) is 6.93. The smallest absolute Gasteiger partial charge is 0.133 e. The van der Waals surface area contributed by atoms with Crippen molar-refractivity contribution in [3.05, 3.63) is 101 Å². The van der Waals surface area contributed by atoms with Crippen LogP contribution in [0.3, 0.4) is 0 Å². The molecule has 212 valence electrons. The predicted octanol–water partition coefficient (Wildman–Crippen LogP) is 7.45. The summed E-state index contributed by atoms with van der Waals surface area (Å²) in [5.41, 5.74) is 5.01. The van der Waals surface area contributed by atoms with Crippen molar-refractivity contribution >= 4 is 35.2 Å². The fourth-order valence-corrected chi connectivity index (χ4v) is 4.77. The average Bonchev–Trinajstić information content (AvgIpc) is 3.37. The van der Waals surface area contributed by atoms with E-state index in [1.54, 1.807) is 12.1 Å². The van der Waals surface area contributed by atoms with Crippen LogP contribution in [0, 0.1) is 17.2 Å². The number of rotatable bonds is 9. The topological polar surface area (TPSA) is 59.4 Å². The number of aldehydes is 1. The van der Waals surface area contributed by atoms with Crippen LogP contribution in [0.1, 0.15) is 24.5 Å². The first-order chi connectivity index (χ1) is 19.3. The molecule has 1 atom stereocenters. The molecular formula is C33H40Cl2N4O. The van der Waals surface area contributed by atoms with Gasteiger partial charge < -0.3 is 10.1 Å². The highest BCUT2D eigenvalue weighted by molar-refractivity contribution is 6.35. The number of likely N-dealkylation sites (N-methyl/N-ethyl adjacent to an activating group) is 1. The van der Waals surface area contributed by atoms with Gasteiger partial charge in [-0.05, 0) is 79.4 Å². The number of benzene rings is 3.